The molecule has 2 aliphatic heterocycles. The summed E-state index contributed by atoms with van der Waals surface area (Å²) >= 11 is 6.49. The Morgan fingerprint density at radius 1 is 1.04 bits per heavy atom. The molecule has 2 saturated heterocycles. The highest BCUT2D eigenvalue weighted by Crippen LogP contribution is 2.35. The third-order valence-corrected chi connectivity index (χ3v) is 6.88. The molecular formula is C20H22N4O2S2. The SMILES string of the molecule is CN1CCN(c2c(/C=C3\SC(=S)N(C)C3=O)c(=O)n(C)c3ccccc23)CC1. The first-order valence-electron chi connectivity index (χ1n) is 9.15. The van der Waals surface area contributed by atoms with Gasteiger partial charge >= 0.3 is 0 Å². The Bertz CT molecular complexity index is 1070. The summed E-state index contributed by atoms with van der Waals surface area (Å²) in [5.74, 6) is -0.158. The topological polar surface area (TPSA) is 48.8 Å². The van der Waals surface area contributed by atoms with E-state index in [2.05, 4.69) is 16.8 Å². The number of likely N-dealkylation sites (N-methyl/N-ethyl adjacent to an activating group) is 2. The number of aryl methyl sites for hydroxylation is 1. The van der Waals surface area contributed by atoms with E-state index in [0.717, 1.165) is 42.8 Å². The number of benzene rings is 1. The number of aromatic nitrogens is 1. The molecule has 0 atom stereocenters. The summed E-state index contributed by atoms with van der Waals surface area (Å²) < 4.78 is 2.17. The number of hydrogen-bond acceptors (Lipinski definition) is 6. The highest BCUT2D eigenvalue weighted by Gasteiger charge is 2.30. The number of rotatable bonds is 2. The van der Waals surface area contributed by atoms with Gasteiger partial charge in [-0.25, -0.2) is 0 Å². The van der Waals surface area contributed by atoms with Crippen molar-refractivity contribution in [1.29, 1.82) is 0 Å². The van der Waals surface area contributed by atoms with Gasteiger partial charge in [0.1, 0.15) is 4.32 Å². The van der Waals surface area contributed by atoms with E-state index in [1.165, 1.54) is 16.7 Å². The van der Waals surface area contributed by atoms with Gasteiger partial charge in [0.05, 0.1) is 21.7 Å². The molecule has 1 aromatic heterocycles. The van der Waals surface area contributed by atoms with Crippen molar-refractivity contribution in [2.75, 3.05) is 45.2 Å². The zero-order chi connectivity index (χ0) is 20.0. The number of piperazine rings is 1. The lowest BCUT2D eigenvalue weighted by Gasteiger charge is -2.35. The molecule has 0 radical (unpaired) electrons. The highest BCUT2D eigenvalue weighted by molar-refractivity contribution is 8.26. The van der Waals surface area contributed by atoms with Gasteiger partial charge in [0, 0.05) is 45.7 Å². The van der Waals surface area contributed by atoms with E-state index in [1.807, 2.05) is 24.3 Å². The minimum absolute atomic E-state index is 0.103. The number of anilines is 1. The quantitative estimate of drug-likeness (QED) is 0.554. The third kappa shape index (κ3) is 3.15. The van der Waals surface area contributed by atoms with E-state index in [0.29, 0.717) is 14.8 Å². The molecule has 146 valence electrons. The van der Waals surface area contributed by atoms with Crippen molar-refractivity contribution in [3.63, 3.8) is 0 Å². The Morgan fingerprint density at radius 3 is 2.36 bits per heavy atom. The number of thioether (sulfide) groups is 1. The maximum atomic E-state index is 13.3. The van der Waals surface area contributed by atoms with E-state index in [1.54, 1.807) is 24.7 Å². The number of carbonyl (C=O) groups is 1. The average molecular weight is 415 g/mol. The van der Waals surface area contributed by atoms with Crippen LogP contribution in [-0.2, 0) is 11.8 Å². The maximum absolute atomic E-state index is 13.3. The van der Waals surface area contributed by atoms with Crippen LogP contribution in [0.2, 0.25) is 0 Å². The standard InChI is InChI=1S/C20H22N4O2S2/c1-21-8-10-24(11-9-21)17-13-6-4-5-7-15(13)22(2)18(25)14(17)12-16-19(26)23(3)20(27)28-16/h4-7,12H,8-11H2,1-3H3/b16-12-. The van der Waals surface area contributed by atoms with E-state index in [-0.39, 0.29) is 11.5 Å². The molecule has 2 aliphatic rings. The summed E-state index contributed by atoms with van der Waals surface area (Å²) in [5, 5.41) is 1.02. The molecule has 0 spiro atoms. The predicted molar refractivity (Wildman–Crippen MR) is 120 cm³/mol. The van der Waals surface area contributed by atoms with Crippen LogP contribution in [0.4, 0.5) is 5.69 Å². The smallest absolute Gasteiger partial charge is 0.265 e. The zero-order valence-corrected chi connectivity index (χ0v) is 17.8. The number of thiocarbonyl (C=S) groups is 1. The average Bonchev–Trinajstić information content (AvgIpc) is 2.94. The second-order valence-corrected chi connectivity index (χ2v) is 8.85. The Morgan fingerprint density at radius 2 is 1.71 bits per heavy atom. The summed E-state index contributed by atoms with van der Waals surface area (Å²) in [4.78, 5) is 32.3. The van der Waals surface area contributed by atoms with Crippen LogP contribution in [0.1, 0.15) is 5.56 Å². The number of hydrogen-bond donors (Lipinski definition) is 0. The second-order valence-electron chi connectivity index (χ2n) is 7.17. The van der Waals surface area contributed by atoms with Gasteiger partial charge in [0.25, 0.3) is 11.5 Å². The lowest BCUT2D eigenvalue weighted by molar-refractivity contribution is -0.121. The zero-order valence-electron chi connectivity index (χ0n) is 16.1. The number of nitrogens with zero attached hydrogens (tertiary/aromatic N) is 4. The fraction of sp³-hybridized carbons (Fsp3) is 0.350. The van der Waals surface area contributed by atoms with E-state index >= 15 is 0 Å². The van der Waals surface area contributed by atoms with Crippen LogP contribution in [0, 0.1) is 0 Å². The molecule has 1 amide bonds. The van der Waals surface area contributed by atoms with Crippen molar-refractivity contribution in [3.8, 4) is 0 Å². The van der Waals surface area contributed by atoms with Crippen molar-refractivity contribution in [2.24, 2.45) is 7.05 Å². The molecule has 3 heterocycles. The monoisotopic (exact) mass is 414 g/mol. The first-order chi connectivity index (χ1) is 13.4. The number of pyridine rings is 1. The first-order valence-corrected chi connectivity index (χ1v) is 10.4. The van der Waals surface area contributed by atoms with Crippen LogP contribution in [0.3, 0.4) is 0 Å². The van der Waals surface area contributed by atoms with Gasteiger partial charge in [-0.05, 0) is 19.2 Å². The van der Waals surface area contributed by atoms with Crippen molar-refractivity contribution in [2.45, 2.75) is 0 Å². The maximum Gasteiger partial charge on any atom is 0.265 e. The van der Waals surface area contributed by atoms with Crippen LogP contribution >= 0.6 is 24.0 Å². The molecule has 1 aromatic carbocycles. The molecule has 6 nitrogen and oxygen atoms in total. The third-order valence-electron chi connectivity index (χ3n) is 5.39. The summed E-state index contributed by atoms with van der Waals surface area (Å²) in [5.41, 5.74) is 2.25. The van der Waals surface area contributed by atoms with Crippen LogP contribution < -0.4 is 10.5 Å². The fourth-order valence-electron chi connectivity index (χ4n) is 3.68. The van der Waals surface area contributed by atoms with E-state index < -0.39 is 0 Å². The lowest BCUT2D eigenvalue weighted by Crippen LogP contribution is -2.45. The molecule has 8 heteroatoms. The van der Waals surface area contributed by atoms with Crippen LogP contribution in [0.15, 0.2) is 34.0 Å². The number of para-hydroxylation sites is 1. The van der Waals surface area contributed by atoms with E-state index in [4.69, 9.17) is 12.2 Å². The molecule has 2 fully saturated rings. The second kappa shape index (κ2) is 7.35. The molecule has 2 aromatic rings. The summed E-state index contributed by atoms with van der Waals surface area (Å²) in [7, 11) is 5.55. The van der Waals surface area contributed by atoms with Gasteiger partial charge in [-0.3, -0.25) is 14.5 Å². The molecule has 0 unspecified atom stereocenters. The van der Waals surface area contributed by atoms with Crippen molar-refractivity contribution in [3.05, 3.63) is 45.1 Å². The minimum Gasteiger partial charge on any atom is -0.368 e. The van der Waals surface area contributed by atoms with Crippen LogP contribution in [0.5, 0.6) is 0 Å². The number of fused-ring (bicyclic) bond motifs is 1. The van der Waals surface area contributed by atoms with Crippen molar-refractivity contribution < 1.29 is 4.79 Å². The van der Waals surface area contributed by atoms with Crippen LogP contribution in [-0.4, -0.2) is 64.9 Å². The van der Waals surface area contributed by atoms with Crippen molar-refractivity contribution >= 4 is 56.9 Å². The minimum atomic E-state index is -0.158. The predicted octanol–water partition coefficient (Wildman–Crippen LogP) is 2.12. The fourth-order valence-corrected chi connectivity index (χ4v) is 4.84. The Labute approximate surface area is 173 Å². The highest BCUT2D eigenvalue weighted by atomic mass is 32.2. The molecule has 0 N–H and O–H groups in total. The first kappa shape index (κ1) is 19.2. The Kier molecular flexibility index (Phi) is 5.03. The Balaban J connectivity index is 1.96. The van der Waals surface area contributed by atoms with Gasteiger partial charge < -0.3 is 14.4 Å². The molecule has 0 bridgehead atoms. The normalized spacial score (nSPS) is 20.0. The Hall–Kier alpha value is -2.16. The molecule has 4 rings (SSSR count). The molecule has 0 saturated carbocycles. The van der Waals surface area contributed by atoms with Crippen molar-refractivity contribution in [1.82, 2.24) is 14.4 Å². The van der Waals surface area contributed by atoms with E-state index in [9.17, 15) is 9.59 Å². The summed E-state index contributed by atoms with van der Waals surface area (Å²) in [6, 6.07) is 7.94. The van der Waals surface area contributed by atoms with Gasteiger partial charge in [0.2, 0.25) is 0 Å². The van der Waals surface area contributed by atoms with Gasteiger partial charge in [-0.2, -0.15) is 0 Å². The largest absolute Gasteiger partial charge is 0.368 e. The molecule has 28 heavy (non-hydrogen) atoms. The lowest BCUT2D eigenvalue weighted by atomic mass is 10.1. The number of amides is 1. The van der Waals surface area contributed by atoms with Gasteiger partial charge in [-0.15, -0.1) is 0 Å². The van der Waals surface area contributed by atoms with Gasteiger partial charge in [0.15, 0.2) is 0 Å². The molecular weight excluding hydrogens is 392 g/mol. The molecule has 0 aliphatic carbocycles. The van der Waals surface area contributed by atoms with Crippen LogP contribution in [0.25, 0.3) is 17.0 Å². The summed E-state index contributed by atoms with van der Waals surface area (Å²) in [6.45, 7) is 3.53. The summed E-state index contributed by atoms with van der Waals surface area (Å²) in [6.07, 6.45) is 1.73. The number of carbonyl (C=O) groups excluding carboxylic acids is 1. The van der Waals surface area contributed by atoms with Gasteiger partial charge in [-0.1, -0.05) is 42.2 Å².